The van der Waals surface area contributed by atoms with E-state index in [0.717, 1.165) is 0 Å². The van der Waals surface area contributed by atoms with E-state index >= 15 is 0 Å². The Bertz CT molecular complexity index is 189. The van der Waals surface area contributed by atoms with Crippen LogP contribution in [-0.2, 0) is 22.8 Å². The van der Waals surface area contributed by atoms with Gasteiger partial charge in [0, 0.05) is 0 Å². The van der Waals surface area contributed by atoms with E-state index in [1.165, 1.54) is 0 Å². The Morgan fingerprint density at radius 2 is 1.86 bits per heavy atom. The average molecular weight is 224 g/mol. The first-order valence-corrected chi connectivity index (χ1v) is 5.29. The van der Waals surface area contributed by atoms with Crippen LogP contribution in [0.2, 0.25) is 0 Å². The molecule has 1 rings (SSSR count). The average Bonchev–Trinajstić information content (AvgIpc) is 2.09. The van der Waals surface area contributed by atoms with E-state index in [1.807, 2.05) is 0 Å². The van der Waals surface area contributed by atoms with Crippen molar-refractivity contribution in [2.24, 2.45) is 0 Å². The fraction of sp³-hybridized carbons (Fsp3) is 1.00. The first kappa shape index (κ1) is 11.5. The van der Waals surface area contributed by atoms with Crippen LogP contribution in [0.3, 0.4) is 0 Å². The minimum Gasteiger partial charge on any atom is -0.434 e. The molecule has 8 heteroatoms. The molecule has 0 amide bonds. The van der Waals surface area contributed by atoms with Crippen molar-refractivity contribution in [2.75, 3.05) is 33.0 Å². The lowest BCUT2D eigenvalue weighted by molar-refractivity contribution is -0.370. The molecule has 0 aromatic rings. The van der Waals surface area contributed by atoms with Crippen molar-refractivity contribution in [1.82, 2.24) is 0 Å². The molecule has 82 valence electrons. The number of hydrogen-bond donors (Lipinski definition) is 2. The summed E-state index contributed by atoms with van der Waals surface area (Å²) in [7, 11) is -2.49. The second kappa shape index (κ2) is 5.37. The molecule has 0 spiro atoms. The minimum absolute atomic E-state index is 0.0435. The van der Waals surface area contributed by atoms with E-state index in [4.69, 9.17) is 19.7 Å². The van der Waals surface area contributed by atoms with Crippen LogP contribution in [0.15, 0.2) is 0 Å². The molecule has 2 N–H and O–H groups in total. The van der Waals surface area contributed by atoms with Crippen molar-refractivity contribution < 1.29 is 33.0 Å². The Balaban J connectivity index is 1.91. The molecule has 0 atom stereocenters. The largest absolute Gasteiger partial charge is 0.776 e. The van der Waals surface area contributed by atoms with Crippen LogP contribution >= 0.6 is 0 Å². The predicted molar refractivity (Wildman–Crippen MR) is 42.3 cm³/mol. The van der Waals surface area contributed by atoms with Gasteiger partial charge < -0.3 is 28.5 Å². The molecule has 1 fully saturated rings. The zero-order valence-corrected chi connectivity index (χ0v) is 8.47. The van der Waals surface area contributed by atoms with E-state index in [9.17, 15) is 4.46 Å². The Morgan fingerprint density at radius 1 is 1.21 bits per heavy atom. The van der Waals surface area contributed by atoms with Crippen molar-refractivity contribution in [3.8, 4) is 0 Å². The highest BCUT2D eigenvalue weighted by molar-refractivity contribution is 6.28. The monoisotopic (exact) mass is 224 g/mol. The highest BCUT2D eigenvalue weighted by Gasteiger charge is 2.49. The highest BCUT2D eigenvalue weighted by atomic mass is 28.3. The van der Waals surface area contributed by atoms with Crippen LogP contribution in [-0.4, -0.2) is 58.4 Å². The Kier molecular flexibility index (Phi) is 4.42. The first-order valence-electron chi connectivity index (χ1n) is 4.07. The van der Waals surface area contributed by atoms with Crippen molar-refractivity contribution >= 4 is 9.17 Å². The van der Waals surface area contributed by atoms with Crippen LogP contribution in [0.25, 0.3) is 0 Å². The van der Waals surface area contributed by atoms with Gasteiger partial charge in [0.25, 0.3) is 0 Å². The molecule has 1 heterocycles. The maximum absolute atomic E-state index is 10.4. The topological polar surface area (TPSA) is 94.5 Å². The zero-order chi connectivity index (χ0) is 10.4. The number of aliphatic hydroxyl groups is 2. The zero-order valence-electron chi connectivity index (χ0n) is 7.47. The van der Waals surface area contributed by atoms with Gasteiger partial charge in [-0.15, -0.1) is 0 Å². The second-order valence-electron chi connectivity index (χ2n) is 2.56. The van der Waals surface area contributed by atoms with E-state index in [-0.39, 0.29) is 26.4 Å². The van der Waals surface area contributed by atoms with E-state index in [0.29, 0.717) is 6.61 Å². The predicted octanol–water partition coefficient (Wildman–Crippen LogP) is -1.88. The fourth-order valence-corrected chi connectivity index (χ4v) is 1.47. The molecule has 0 saturated carbocycles. The molecule has 0 unspecified atom stereocenters. The van der Waals surface area contributed by atoms with Crippen LogP contribution < -0.4 is 0 Å². The number of rotatable bonds is 7. The van der Waals surface area contributed by atoms with Gasteiger partial charge in [-0.25, -0.2) is 0 Å². The molecule has 1 saturated heterocycles. The van der Waals surface area contributed by atoms with Gasteiger partial charge in [-0.2, -0.15) is 0 Å². The van der Waals surface area contributed by atoms with Gasteiger partial charge in [-0.1, -0.05) is 0 Å². The molecule has 0 bridgehead atoms. The molecule has 0 aliphatic carbocycles. The van der Waals surface area contributed by atoms with Crippen molar-refractivity contribution in [3.05, 3.63) is 0 Å². The summed E-state index contributed by atoms with van der Waals surface area (Å²) in [6.45, 7) is 0.514. The summed E-state index contributed by atoms with van der Waals surface area (Å²) in [6, 6.07) is 0. The van der Waals surface area contributed by atoms with E-state index < -0.39 is 15.1 Å². The normalized spacial score (nSPS) is 18.3. The lowest BCUT2D eigenvalue weighted by Gasteiger charge is -2.34. The molecule has 1 aliphatic heterocycles. The van der Waals surface area contributed by atoms with Crippen molar-refractivity contribution in [2.45, 2.75) is 5.97 Å². The molecule has 0 radical (unpaired) electrons. The number of aliphatic hydroxyl groups excluding tert-OH is 1. The third-order valence-electron chi connectivity index (χ3n) is 1.38. The summed E-state index contributed by atoms with van der Waals surface area (Å²) in [5.41, 5.74) is 0. The Hall–Kier alpha value is -0.543. The van der Waals surface area contributed by atoms with Crippen LogP contribution in [0.4, 0.5) is 0 Å². The minimum atomic E-state index is -2.49. The maximum atomic E-state index is 10.4. The first-order chi connectivity index (χ1) is 6.66. The third kappa shape index (κ3) is 3.68. The van der Waals surface area contributed by atoms with Gasteiger partial charge in [0.1, 0.15) is 0 Å². The molecule has 14 heavy (non-hydrogen) atoms. The molecule has 1 aliphatic rings. The SMILES string of the molecule is O=[Si]1OC(O)(COCCOCCO)O1. The van der Waals surface area contributed by atoms with Crippen molar-refractivity contribution in [1.29, 1.82) is 0 Å². The molecular weight excluding hydrogens is 212 g/mol. The fourth-order valence-electron chi connectivity index (χ4n) is 0.813. The third-order valence-corrected chi connectivity index (χ3v) is 2.35. The summed E-state index contributed by atoms with van der Waals surface area (Å²) in [5.74, 6) is -1.85. The molecular formula is C6H12O7Si. The standard InChI is InChI=1S/C6H12O7Si/c7-1-2-10-3-4-11-5-6(8)12-14(9)13-6/h7-8H,1-5H2. The molecule has 7 nitrogen and oxygen atoms in total. The lowest BCUT2D eigenvalue weighted by atomic mass is 10.6. The van der Waals surface area contributed by atoms with Crippen LogP contribution in [0.5, 0.6) is 0 Å². The smallest absolute Gasteiger partial charge is 0.434 e. The van der Waals surface area contributed by atoms with Gasteiger partial charge in [0.2, 0.25) is 0 Å². The Labute approximate surface area is 82.1 Å². The quantitative estimate of drug-likeness (QED) is 0.386. The van der Waals surface area contributed by atoms with E-state index in [1.54, 1.807) is 0 Å². The van der Waals surface area contributed by atoms with Gasteiger partial charge in [0.05, 0.1) is 26.4 Å². The van der Waals surface area contributed by atoms with Crippen LogP contribution in [0.1, 0.15) is 0 Å². The van der Waals surface area contributed by atoms with Gasteiger partial charge in [0.15, 0.2) is 6.61 Å². The summed E-state index contributed by atoms with van der Waals surface area (Å²) in [4.78, 5) is 0. The Morgan fingerprint density at radius 3 is 2.43 bits per heavy atom. The lowest BCUT2D eigenvalue weighted by Crippen LogP contribution is -2.55. The summed E-state index contributed by atoms with van der Waals surface area (Å²) < 4.78 is 29.0. The van der Waals surface area contributed by atoms with E-state index in [2.05, 4.69) is 8.85 Å². The van der Waals surface area contributed by atoms with Gasteiger partial charge in [-0.3, -0.25) is 4.46 Å². The maximum Gasteiger partial charge on any atom is 0.776 e. The second-order valence-corrected chi connectivity index (χ2v) is 3.46. The molecule has 0 aromatic heterocycles. The summed E-state index contributed by atoms with van der Waals surface area (Å²) >= 11 is 0. The van der Waals surface area contributed by atoms with Crippen LogP contribution in [0, 0.1) is 0 Å². The van der Waals surface area contributed by atoms with Gasteiger partial charge >= 0.3 is 15.1 Å². The molecule has 0 aromatic carbocycles. The summed E-state index contributed by atoms with van der Waals surface area (Å²) in [5, 5.41) is 17.5. The summed E-state index contributed by atoms with van der Waals surface area (Å²) in [6.07, 6.45) is 0. The van der Waals surface area contributed by atoms with Gasteiger partial charge in [-0.05, 0) is 0 Å². The van der Waals surface area contributed by atoms with Crippen molar-refractivity contribution in [3.63, 3.8) is 0 Å². The number of ether oxygens (including phenoxy) is 2. The highest BCUT2D eigenvalue weighted by Crippen LogP contribution is 2.19. The number of hydrogen-bond acceptors (Lipinski definition) is 7.